The summed E-state index contributed by atoms with van der Waals surface area (Å²) in [5.41, 5.74) is 21.6. The van der Waals surface area contributed by atoms with E-state index in [1.54, 1.807) is 0 Å². The Bertz CT molecular complexity index is 2590. The second-order valence-corrected chi connectivity index (χ2v) is 17.0. The molecule has 0 saturated carbocycles. The number of anilines is 3. The molecule has 3 heterocycles. The summed E-state index contributed by atoms with van der Waals surface area (Å²) in [5.74, 6) is 0. The van der Waals surface area contributed by atoms with E-state index in [1.807, 2.05) is 0 Å². The molecule has 10 rings (SSSR count). The van der Waals surface area contributed by atoms with Crippen LogP contribution in [0.4, 0.5) is 17.1 Å². The van der Waals surface area contributed by atoms with E-state index in [1.165, 1.54) is 113 Å². The zero-order valence-corrected chi connectivity index (χ0v) is 31.4. The molecule has 0 N–H and O–H groups in total. The second-order valence-electron chi connectivity index (χ2n) is 17.0. The van der Waals surface area contributed by atoms with Gasteiger partial charge in [0, 0.05) is 33.4 Å². The maximum absolute atomic E-state index is 2.66. The van der Waals surface area contributed by atoms with Gasteiger partial charge in [-0.15, -0.1) is 0 Å². The summed E-state index contributed by atoms with van der Waals surface area (Å²) in [4.78, 5) is 2.65. The van der Waals surface area contributed by atoms with E-state index in [9.17, 15) is 0 Å². The predicted octanol–water partition coefficient (Wildman–Crippen LogP) is 10.9. The Morgan fingerprint density at radius 1 is 0.596 bits per heavy atom. The summed E-state index contributed by atoms with van der Waals surface area (Å²) < 4.78 is 2.62. The van der Waals surface area contributed by atoms with E-state index in [4.69, 9.17) is 0 Å². The van der Waals surface area contributed by atoms with Crippen LogP contribution in [0.25, 0.3) is 38.8 Å². The highest BCUT2D eigenvalue weighted by Gasteiger charge is 2.47. The molecule has 254 valence electrons. The van der Waals surface area contributed by atoms with E-state index in [0.717, 1.165) is 0 Å². The number of fused-ring (bicyclic) bond motifs is 5. The molecular formula is C49H45BN2. The Labute approximate surface area is 308 Å². The van der Waals surface area contributed by atoms with Gasteiger partial charge in [-0.1, -0.05) is 125 Å². The Morgan fingerprint density at radius 3 is 1.92 bits per heavy atom. The highest BCUT2D eigenvalue weighted by molar-refractivity contribution is 7.00. The van der Waals surface area contributed by atoms with Crippen molar-refractivity contribution in [3.8, 4) is 28.1 Å². The van der Waals surface area contributed by atoms with E-state index in [2.05, 4.69) is 179 Å². The molecule has 1 aliphatic carbocycles. The molecule has 0 amide bonds. The summed E-state index contributed by atoms with van der Waals surface area (Å²) >= 11 is 0. The van der Waals surface area contributed by atoms with Crippen LogP contribution >= 0.6 is 0 Å². The molecule has 6 aromatic carbocycles. The average molecular weight is 673 g/mol. The van der Waals surface area contributed by atoms with Crippen LogP contribution in [0, 0.1) is 20.8 Å². The van der Waals surface area contributed by atoms with Crippen LogP contribution in [0.15, 0.2) is 121 Å². The van der Waals surface area contributed by atoms with Crippen LogP contribution in [0.2, 0.25) is 0 Å². The van der Waals surface area contributed by atoms with E-state index < -0.39 is 0 Å². The molecule has 0 spiro atoms. The lowest BCUT2D eigenvalue weighted by Gasteiger charge is -2.46. The minimum atomic E-state index is 0.0439. The lowest BCUT2D eigenvalue weighted by molar-refractivity contribution is 0.332. The minimum absolute atomic E-state index is 0.0439. The van der Waals surface area contributed by atoms with Crippen molar-refractivity contribution in [3.63, 3.8) is 0 Å². The van der Waals surface area contributed by atoms with Gasteiger partial charge in [-0.05, 0) is 124 Å². The third-order valence-electron chi connectivity index (χ3n) is 12.7. The molecule has 0 bridgehead atoms. The van der Waals surface area contributed by atoms with Gasteiger partial charge in [-0.25, -0.2) is 0 Å². The highest BCUT2D eigenvalue weighted by atomic mass is 15.2. The van der Waals surface area contributed by atoms with Crippen LogP contribution in [-0.4, -0.2) is 11.3 Å². The summed E-state index contributed by atoms with van der Waals surface area (Å²) in [6, 6.07) is 46.1. The first-order valence-corrected chi connectivity index (χ1v) is 19.0. The van der Waals surface area contributed by atoms with Crippen LogP contribution < -0.4 is 21.4 Å². The van der Waals surface area contributed by atoms with E-state index in [0.29, 0.717) is 0 Å². The molecule has 2 aliphatic heterocycles. The fourth-order valence-corrected chi connectivity index (χ4v) is 10.1. The quantitative estimate of drug-likeness (QED) is 0.170. The largest absolute Gasteiger partial charge is 0.320 e. The Balaban J connectivity index is 1.42. The van der Waals surface area contributed by atoms with Crippen molar-refractivity contribution >= 4 is 51.1 Å². The molecule has 52 heavy (non-hydrogen) atoms. The lowest BCUT2D eigenvalue weighted by Crippen LogP contribution is -2.61. The van der Waals surface area contributed by atoms with E-state index in [-0.39, 0.29) is 17.5 Å². The smallest absolute Gasteiger partial charge is 0.269 e. The SMILES string of the molecule is Cc1cc2c3c(c1)N(c1c(C)cccc1C)c1cc4c(cc1B3c1c3c-2cccc3c(-c2ccccc2)n1-c1ccccc1)C(C)(C)CCC4(C)C. The molecule has 2 nitrogen and oxygen atoms in total. The third-order valence-corrected chi connectivity index (χ3v) is 12.7. The zero-order valence-electron chi connectivity index (χ0n) is 31.4. The normalized spacial score (nSPS) is 16.1. The fraction of sp³-hybridized carbons (Fsp3) is 0.224. The molecule has 7 aromatic rings. The van der Waals surface area contributed by atoms with Gasteiger partial charge in [0.05, 0.1) is 11.4 Å². The molecule has 0 fully saturated rings. The van der Waals surface area contributed by atoms with Gasteiger partial charge in [0.1, 0.15) is 0 Å². The first-order valence-electron chi connectivity index (χ1n) is 19.0. The Hall–Kier alpha value is -5.28. The first-order chi connectivity index (χ1) is 25.0. The number of benzene rings is 6. The number of para-hydroxylation sites is 2. The lowest BCUT2D eigenvalue weighted by atomic mass is 9.33. The maximum atomic E-state index is 2.66. The topological polar surface area (TPSA) is 8.17 Å². The van der Waals surface area contributed by atoms with Gasteiger partial charge in [0.2, 0.25) is 0 Å². The number of hydrogen-bond donors (Lipinski definition) is 0. The summed E-state index contributed by atoms with van der Waals surface area (Å²) in [6.07, 6.45) is 2.37. The fourth-order valence-electron chi connectivity index (χ4n) is 10.1. The molecular weight excluding hydrogens is 627 g/mol. The highest BCUT2D eigenvalue weighted by Crippen LogP contribution is 2.51. The first kappa shape index (κ1) is 31.5. The Morgan fingerprint density at radius 2 is 1.23 bits per heavy atom. The molecule has 1 aromatic heterocycles. The van der Waals surface area contributed by atoms with Gasteiger partial charge in [-0.2, -0.15) is 0 Å². The van der Waals surface area contributed by atoms with Gasteiger partial charge >= 0.3 is 0 Å². The van der Waals surface area contributed by atoms with Crippen molar-refractivity contribution in [2.75, 3.05) is 4.90 Å². The Kier molecular flexibility index (Phi) is 6.58. The predicted molar refractivity (Wildman–Crippen MR) is 223 cm³/mol. The van der Waals surface area contributed by atoms with Crippen LogP contribution in [0.3, 0.4) is 0 Å². The van der Waals surface area contributed by atoms with Crippen molar-refractivity contribution in [2.24, 2.45) is 0 Å². The van der Waals surface area contributed by atoms with Gasteiger partial charge in [0.25, 0.3) is 6.71 Å². The van der Waals surface area contributed by atoms with Crippen LogP contribution in [0.1, 0.15) is 68.4 Å². The molecule has 0 radical (unpaired) electrons. The van der Waals surface area contributed by atoms with Gasteiger partial charge in [0.15, 0.2) is 0 Å². The third kappa shape index (κ3) is 4.26. The van der Waals surface area contributed by atoms with Crippen molar-refractivity contribution in [2.45, 2.75) is 72.1 Å². The molecule has 0 atom stereocenters. The molecule has 0 saturated heterocycles. The van der Waals surface area contributed by atoms with Crippen LogP contribution in [-0.2, 0) is 10.8 Å². The standard InChI is InChI=1S/C49H45BN2/c1-30-26-37-35-22-15-23-36-43(35)47(51(34-20-12-9-13-21-34)46(36)33-18-10-8-11-19-33)50-40-28-38-39(49(6,7)25-24-48(38,4)5)29-41(40)52(42(27-30)44(37)50)45-31(2)16-14-17-32(45)3/h8-23,26-29H,24-25H2,1-7H3. The molecule has 0 unspecified atom stereocenters. The number of aromatic nitrogens is 1. The second kappa shape index (κ2) is 10.9. The summed E-state index contributed by atoms with van der Waals surface area (Å²) in [6.45, 7) is 16.8. The van der Waals surface area contributed by atoms with Crippen molar-refractivity contribution in [1.29, 1.82) is 0 Å². The van der Waals surface area contributed by atoms with Crippen molar-refractivity contribution < 1.29 is 0 Å². The number of rotatable bonds is 3. The minimum Gasteiger partial charge on any atom is -0.320 e. The summed E-state index contributed by atoms with van der Waals surface area (Å²) in [5, 5.41) is 2.69. The number of aryl methyl sites for hydroxylation is 3. The monoisotopic (exact) mass is 672 g/mol. The average Bonchev–Trinajstić information content (AvgIpc) is 3.48. The number of nitrogens with zero attached hydrogens (tertiary/aromatic N) is 2. The summed E-state index contributed by atoms with van der Waals surface area (Å²) in [7, 11) is 0. The van der Waals surface area contributed by atoms with Gasteiger partial charge < -0.3 is 9.47 Å². The zero-order chi connectivity index (χ0) is 35.7. The van der Waals surface area contributed by atoms with Crippen molar-refractivity contribution in [3.05, 3.63) is 149 Å². The maximum Gasteiger partial charge on any atom is 0.269 e. The molecule has 3 aliphatic rings. The molecule has 3 heteroatoms. The van der Waals surface area contributed by atoms with Crippen LogP contribution in [0.5, 0.6) is 0 Å². The van der Waals surface area contributed by atoms with Gasteiger partial charge in [-0.3, -0.25) is 0 Å². The van der Waals surface area contributed by atoms with E-state index >= 15 is 0 Å². The number of hydrogen-bond acceptors (Lipinski definition) is 1. The van der Waals surface area contributed by atoms with Crippen molar-refractivity contribution in [1.82, 2.24) is 4.57 Å².